The van der Waals surface area contributed by atoms with Gasteiger partial charge in [0.1, 0.15) is 5.75 Å². The lowest BCUT2D eigenvalue weighted by Gasteiger charge is -2.28. The molecule has 0 bridgehead atoms. The number of phenolic OH excluding ortho intramolecular Hbond substituents is 1. The average Bonchev–Trinajstić information content (AvgIpc) is 3.32. The van der Waals surface area contributed by atoms with E-state index in [9.17, 15) is 5.11 Å². The lowest BCUT2D eigenvalue weighted by Crippen LogP contribution is -2.29. The molecule has 34 heavy (non-hydrogen) atoms. The lowest BCUT2D eigenvalue weighted by atomic mass is 9.96. The first-order valence-electron chi connectivity index (χ1n) is 10.8. The Bertz CT molecular complexity index is 1370. The van der Waals surface area contributed by atoms with Crippen LogP contribution >= 0.6 is 35.4 Å². The second-order valence-electron chi connectivity index (χ2n) is 8.27. The fourth-order valence-corrected chi connectivity index (χ4v) is 5.33. The first-order valence-corrected chi connectivity index (χ1v) is 12.0. The van der Waals surface area contributed by atoms with Gasteiger partial charge in [-0.2, -0.15) is 0 Å². The Morgan fingerprint density at radius 1 is 0.971 bits per heavy atom. The van der Waals surface area contributed by atoms with Gasteiger partial charge in [-0.05, 0) is 92.3 Å². The Hall–Kier alpha value is -3.06. The van der Waals surface area contributed by atoms with Crippen LogP contribution in [-0.4, -0.2) is 19.8 Å². The van der Waals surface area contributed by atoms with E-state index in [0.29, 0.717) is 20.8 Å². The number of hydrogen-bond donors (Lipinski definition) is 2. The smallest absolute Gasteiger partial charge is 0.174 e. The lowest BCUT2D eigenvalue weighted by molar-refractivity contribution is 0.472. The van der Waals surface area contributed by atoms with Crippen LogP contribution in [0.2, 0.25) is 10.0 Å². The van der Waals surface area contributed by atoms with Gasteiger partial charge in [-0.15, -0.1) is 0 Å². The van der Waals surface area contributed by atoms with E-state index in [-0.39, 0.29) is 17.8 Å². The van der Waals surface area contributed by atoms with Crippen molar-refractivity contribution in [3.8, 4) is 11.4 Å². The number of aromatic nitrogens is 2. The average molecular weight is 509 g/mol. The molecule has 2 aromatic carbocycles. The predicted molar refractivity (Wildman–Crippen MR) is 141 cm³/mol. The minimum atomic E-state index is -0.265. The molecular weight excluding hydrogens is 487 g/mol. The van der Waals surface area contributed by atoms with Gasteiger partial charge in [0.05, 0.1) is 23.5 Å². The third-order valence-electron chi connectivity index (χ3n) is 6.17. The van der Waals surface area contributed by atoms with Crippen LogP contribution in [0.25, 0.3) is 5.69 Å². The number of thiocarbonyl (C=S) groups is 1. The number of hydrogen-bond acceptors (Lipinski definition) is 3. The normalized spacial score (nSPS) is 17.8. The number of nitrogens with one attached hydrogen (secondary N) is 1. The molecule has 5 nitrogen and oxygen atoms in total. The minimum absolute atomic E-state index is 0.103. The number of benzene rings is 2. The molecule has 1 fully saturated rings. The molecule has 2 N–H and O–H groups in total. The Kier molecular flexibility index (Phi) is 5.98. The molecule has 0 saturated carbocycles. The first kappa shape index (κ1) is 22.7. The second-order valence-corrected chi connectivity index (χ2v) is 9.53. The molecule has 5 rings (SSSR count). The van der Waals surface area contributed by atoms with E-state index in [4.69, 9.17) is 35.4 Å². The summed E-state index contributed by atoms with van der Waals surface area (Å²) in [7, 11) is 0. The second kappa shape index (κ2) is 8.95. The van der Waals surface area contributed by atoms with E-state index in [1.807, 2.05) is 47.4 Å². The van der Waals surface area contributed by atoms with Gasteiger partial charge in [0.2, 0.25) is 0 Å². The van der Waals surface area contributed by atoms with Crippen LogP contribution in [0.3, 0.4) is 0 Å². The summed E-state index contributed by atoms with van der Waals surface area (Å²) in [6.45, 7) is 4.16. The quantitative estimate of drug-likeness (QED) is 0.301. The van der Waals surface area contributed by atoms with E-state index >= 15 is 0 Å². The van der Waals surface area contributed by atoms with Gasteiger partial charge in [0.25, 0.3) is 0 Å². The van der Waals surface area contributed by atoms with Crippen molar-refractivity contribution in [3.05, 3.63) is 106 Å². The van der Waals surface area contributed by atoms with Crippen molar-refractivity contribution in [2.24, 2.45) is 0 Å². The molecule has 8 heteroatoms. The molecular formula is C26H22Cl2N4OS. The van der Waals surface area contributed by atoms with Gasteiger partial charge in [0, 0.05) is 33.3 Å². The summed E-state index contributed by atoms with van der Waals surface area (Å²) in [6.07, 6.45) is 1.77. The van der Waals surface area contributed by atoms with Crippen molar-refractivity contribution in [3.63, 3.8) is 0 Å². The molecule has 3 heterocycles. The third kappa shape index (κ3) is 3.92. The minimum Gasteiger partial charge on any atom is -0.506 e. The van der Waals surface area contributed by atoms with E-state index in [2.05, 4.69) is 34.8 Å². The number of anilines is 1. The Balaban J connectivity index is 1.70. The van der Waals surface area contributed by atoms with E-state index in [0.717, 1.165) is 28.3 Å². The number of halogens is 2. The number of pyridine rings is 1. The topological polar surface area (TPSA) is 53.3 Å². The van der Waals surface area contributed by atoms with Crippen molar-refractivity contribution >= 4 is 46.2 Å². The molecule has 0 radical (unpaired) electrons. The van der Waals surface area contributed by atoms with Crippen LogP contribution in [0.4, 0.5) is 5.69 Å². The summed E-state index contributed by atoms with van der Waals surface area (Å²) in [6, 6.07) is 20.2. The summed E-state index contributed by atoms with van der Waals surface area (Å²) < 4.78 is 2.19. The molecule has 172 valence electrons. The van der Waals surface area contributed by atoms with Crippen molar-refractivity contribution in [1.82, 2.24) is 14.9 Å². The molecule has 0 aliphatic carbocycles. The van der Waals surface area contributed by atoms with Gasteiger partial charge < -0.3 is 19.9 Å². The van der Waals surface area contributed by atoms with Crippen molar-refractivity contribution < 1.29 is 5.11 Å². The molecule has 1 aliphatic rings. The Labute approximate surface area is 213 Å². The van der Waals surface area contributed by atoms with Gasteiger partial charge >= 0.3 is 0 Å². The molecule has 2 atom stereocenters. The summed E-state index contributed by atoms with van der Waals surface area (Å²) in [5, 5.41) is 15.9. The van der Waals surface area contributed by atoms with E-state index in [1.165, 1.54) is 0 Å². The first-order chi connectivity index (χ1) is 16.3. The number of aryl methyl sites for hydroxylation is 1. The number of phenols is 1. The fraction of sp³-hybridized carbons (Fsp3) is 0.154. The van der Waals surface area contributed by atoms with Crippen LogP contribution in [-0.2, 0) is 0 Å². The summed E-state index contributed by atoms with van der Waals surface area (Å²) in [5.41, 5.74) is 5.62. The molecule has 4 aromatic rings. The highest BCUT2D eigenvalue weighted by Crippen LogP contribution is 2.46. The molecule has 1 aliphatic heterocycles. The fourth-order valence-electron chi connectivity index (χ4n) is 4.69. The summed E-state index contributed by atoms with van der Waals surface area (Å²) in [4.78, 5) is 6.54. The Morgan fingerprint density at radius 2 is 1.71 bits per heavy atom. The summed E-state index contributed by atoms with van der Waals surface area (Å²) >= 11 is 18.2. The van der Waals surface area contributed by atoms with Crippen LogP contribution < -0.4 is 10.2 Å². The monoisotopic (exact) mass is 508 g/mol. The van der Waals surface area contributed by atoms with Gasteiger partial charge in [-0.25, -0.2) is 0 Å². The molecule has 0 unspecified atom stereocenters. The highest BCUT2D eigenvalue weighted by Gasteiger charge is 2.43. The Morgan fingerprint density at radius 3 is 2.41 bits per heavy atom. The van der Waals surface area contributed by atoms with Crippen LogP contribution in [0.1, 0.15) is 34.7 Å². The van der Waals surface area contributed by atoms with E-state index in [1.54, 1.807) is 24.4 Å². The molecule has 1 saturated heterocycles. The standard InChI is InChI=1S/C26H22Cl2N4OS/c1-15-13-20(16(2)31(15)19-9-6-17(27)7-10-19)25-24(21-5-3-4-12-29-21)30-26(34)32(25)22-14-18(28)8-11-23(22)33/h3-14,24-25,33H,1-2H3,(H,30,34)/t24-,25-/m0/s1. The third-order valence-corrected chi connectivity index (χ3v) is 6.97. The largest absolute Gasteiger partial charge is 0.506 e. The number of rotatable bonds is 4. The van der Waals surface area contributed by atoms with Crippen molar-refractivity contribution in [2.45, 2.75) is 25.9 Å². The molecule has 0 spiro atoms. The predicted octanol–water partition coefficient (Wildman–Crippen LogP) is 6.68. The SMILES string of the molecule is Cc1cc([C@H]2[C@H](c3ccccn3)NC(=S)N2c2cc(Cl)ccc2O)c(C)n1-c1ccc(Cl)cc1. The number of nitrogens with zero attached hydrogens (tertiary/aromatic N) is 3. The molecule has 2 aromatic heterocycles. The maximum atomic E-state index is 10.7. The van der Waals surface area contributed by atoms with Crippen molar-refractivity contribution in [2.75, 3.05) is 4.90 Å². The zero-order chi connectivity index (χ0) is 24.0. The van der Waals surface area contributed by atoms with E-state index < -0.39 is 0 Å². The van der Waals surface area contributed by atoms with Crippen LogP contribution in [0.15, 0.2) is 72.9 Å². The van der Waals surface area contributed by atoms with Gasteiger partial charge in [0.15, 0.2) is 5.11 Å². The zero-order valence-corrected chi connectivity index (χ0v) is 20.9. The molecule has 0 amide bonds. The summed E-state index contributed by atoms with van der Waals surface area (Å²) in [5.74, 6) is 0.103. The maximum Gasteiger partial charge on any atom is 0.174 e. The highest BCUT2D eigenvalue weighted by molar-refractivity contribution is 7.80. The van der Waals surface area contributed by atoms with Gasteiger partial charge in [-0.1, -0.05) is 29.3 Å². The maximum absolute atomic E-state index is 10.7. The van der Waals surface area contributed by atoms with Crippen molar-refractivity contribution in [1.29, 1.82) is 0 Å². The van der Waals surface area contributed by atoms with Crippen LogP contribution in [0, 0.1) is 13.8 Å². The number of aromatic hydroxyl groups is 1. The van der Waals surface area contributed by atoms with Gasteiger partial charge in [-0.3, -0.25) is 4.98 Å². The zero-order valence-electron chi connectivity index (χ0n) is 18.5. The highest BCUT2D eigenvalue weighted by atomic mass is 35.5. The van der Waals surface area contributed by atoms with Crippen LogP contribution in [0.5, 0.6) is 5.75 Å².